The summed E-state index contributed by atoms with van der Waals surface area (Å²) in [7, 11) is 0. The lowest BCUT2D eigenvalue weighted by molar-refractivity contribution is -0.124. The quantitative estimate of drug-likeness (QED) is 0.363. The summed E-state index contributed by atoms with van der Waals surface area (Å²) in [6.45, 7) is 1.53. The highest BCUT2D eigenvalue weighted by atomic mass is 16.2. The molecule has 2 heterocycles. The molecule has 0 aliphatic heterocycles. The minimum Gasteiger partial charge on any atom is -0.292 e. The number of hydrogen-bond donors (Lipinski definition) is 2. The molecule has 2 aromatic heterocycles. The molecule has 0 saturated carbocycles. The van der Waals surface area contributed by atoms with E-state index in [-0.39, 0.29) is 0 Å². The summed E-state index contributed by atoms with van der Waals surface area (Å²) in [5, 5.41) is 3.97. The van der Waals surface area contributed by atoms with Gasteiger partial charge in [0.05, 0.1) is 6.20 Å². The summed E-state index contributed by atoms with van der Waals surface area (Å²) < 4.78 is 2.35. The van der Waals surface area contributed by atoms with Gasteiger partial charge < -0.3 is 0 Å². The van der Waals surface area contributed by atoms with Crippen LogP contribution in [0.3, 0.4) is 0 Å². The third-order valence-electron chi connectivity index (χ3n) is 2.24. The van der Waals surface area contributed by atoms with Crippen LogP contribution in [0.1, 0.15) is 13.0 Å². The van der Waals surface area contributed by atoms with Crippen molar-refractivity contribution >= 4 is 11.6 Å². The Morgan fingerprint density at radius 1 is 1.62 bits per heavy atom. The second-order valence-corrected chi connectivity index (χ2v) is 3.22. The number of carbonyl (C=O) groups is 1. The number of nitrogens with zero attached hydrogens (tertiary/aromatic N) is 4. The largest absolute Gasteiger partial charge is 0.351 e. The van der Waals surface area contributed by atoms with E-state index in [2.05, 4.69) is 10.1 Å². The van der Waals surface area contributed by atoms with Gasteiger partial charge >= 0.3 is 5.69 Å². The number of rotatable bonds is 2. The highest BCUT2D eigenvalue weighted by Gasteiger charge is 2.18. The van der Waals surface area contributed by atoms with Crippen molar-refractivity contribution in [1.29, 1.82) is 0 Å². The van der Waals surface area contributed by atoms with Gasteiger partial charge in [0.2, 0.25) is 0 Å². The van der Waals surface area contributed by atoms with Crippen LogP contribution in [0.25, 0.3) is 5.65 Å². The van der Waals surface area contributed by atoms with Gasteiger partial charge in [-0.1, -0.05) is 0 Å². The Morgan fingerprint density at radius 2 is 2.38 bits per heavy atom. The lowest BCUT2D eigenvalue weighted by Crippen LogP contribution is -2.39. The van der Waals surface area contributed by atoms with Crippen molar-refractivity contribution in [3.63, 3.8) is 0 Å². The van der Waals surface area contributed by atoms with E-state index in [1.807, 2.05) is 5.43 Å². The standard InChI is InChI=1S/C8H10N6O2/c1-5(7(15)11-9)14-8(16)13-3-2-10-4-6(13)12-14/h2-5H,9H2,1H3,(H,11,15). The number of hydrazine groups is 1. The molecule has 1 amide bonds. The fourth-order valence-corrected chi connectivity index (χ4v) is 1.34. The molecular formula is C8H10N6O2. The minimum atomic E-state index is -0.766. The summed E-state index contributed by atoms with van der Waals surface area (Å²) >= 11 is 0. The number of carbonyl (C=O) groups excluding carboxylic acids is 1. The summed E-state index contributed by atoms with van der Waals surface area (Å²) in [6.07, 6.45) is 4.38. The maximum Gasteiger partial charge on any atom is 0.351 e. The molecule has 8 nitrogen and oxygen atoms in total. The van der Waals surface area contributed by atoms with E-state index in [0.717, 1.165) is 4.68 Å². The average Bonchev–Trinajstić information content (AvgIpc) is 2.65. The Hall–Kier alpha value is -2.22. The molecule has 0 aliphatic carbocycles. The molecule has 16 heavy (non-hydrogen) atoms. The molecule has 2 rings (SSSR count). The van der Waals surface area contributed by atoms with Gasteiger partial charge in [-0.15, -0.1) is 5.10 Å². The lowest BCUT2D eigenvalue weighted by atomic mass is 10.3. The van der Waals surface area contributed by atoms with E-state index in [9.17, 15) is 9.59 Å². The monoisotopic (exact) mass is 222 g/mol. The third kappa shape index (κ3) is 1.44. The van der Waals surface area contributed by atoms with E-state index in [1.54, 1.807) is 0 Å². The molecule has 0 aliphatic rings. The van der Waals surface area contributed by atoms with Gasteiger partial charge in [-0.05, 0) is 6.92 Å². The zero-order valence-corrected chi connectivity index (χ0v) is 8.49. The Morgan fingerprint density at radius 3 is 3.00 bits per heavy atom. The van der Waals surface area contributed by atoms with Crippen molar-refractivity contribution in [3.05, 3.63) is 29.1 Å². The molecule has 0 aromatic carbocycles. The van der Waals surface area contributed by atoms with Crippen LogP contribution < -0.4 is 17.0 Å². The molecule has 1 atom stereocenters. The van der Waals surface area contributed by atoms with Crippen molar-refractivity contribution < 1.29 is 4.79 Å². The first-order valence-corrected chi connectivity index (χ1v) is 4.56. The van der Waals surface area contributed by atoms with Gasteiger partial charge in [-0.3, -0.25) is 15.2 Å². The summed E-state index contributed by atoms with van der Waals surface area (Å²) in [6, 6.07) is -0.766. The normalized spacial score (nSPS) is 12.6. The maximum absolute atomic E-state index is 11.8. The van der Waals surface area contributed by atoms with Crippen LogP contribution in [0, 0.1) is 0 Å². The smallest absolute Gasteiger partial charge is 0.292 e. The van der Waals surface area contributed by atoms with Crippen LogP contribution in [-0.4, -0.2) is 25.1 Å². The van der Waals surface area contributed by atoms with Crippen molar-refractivity contribution in [2.24, 2.45) is 5.84 Å². The highest BCUT2D eigenvalue weighted by molar-refractivity contribution is 5.79. The number of nitrogens with one attached hydrogen (secondary N) is 1. The molecule has 0 fully saturated rings. The fraction of sp³-hybridized carbons (Fsp3) is 0.250. The van der Waals surface area contributed by atoms with Crippen LogP contribution >= 0.6 is 0 Å². The molecule has 1 unspecified atom stereocenters. The van der Waals surface area contributed by atoms with Gasteiger partial charge in [0, 0.05) is 12.4 Å². The van der Waals surface area contributed by atoms with Gasteiger partial charge in [-0.25, -0.2) is 19.7 Å². The lowest BCUT2D eigenvalue weighted by Gasteiger charge is -2.07. The molecule has 0 radical (unpaired) electrons. The van der Waals surface area contributed by atoms with Crippen molar-refractivity contribution in [1.82, 2.24) is 24.6 Å². The fourth-order valence-electron chi connectivity index (χ4n) is 1.34. The molecular weight excluding hydrogens is 212 g/mol. The molecule has 8 heteroatoms. The number of amides is 1. The van der Waals surface area contributed by atoms with Crippen molar-refractivity contribution in [2.45, 2.75) is 13.0 Å². The topological polar surface area (TPSA) is 107 Å². The zero-order valence-electron chi connectivity index (χ0n) is 8.49. The van der Waals surface area contributed by atoms with Crippen LogP contribution in [0.5, 0.6) is 0 Å². The predicted molar refractivity (Wildman–Crippen MR) is 54.3 cm³/mol. The van der Waals surface area contributed by atoms with Gasteiger partial charge in [0.1, 0.15) is 6.04 Å². The van der Waals surface area contributed by atoms with E-state index in [1.165, 1.54) is 29.9 Å². The SMILES string of the molecule is CC(C(=O)NN)n1nc2cnccn2c1=O. The molecule has 2 aromatic rings. The van der Waals surface area contributed by atoms with Gasteiger partial charge in [0.15, 0.2) is 5.65 Å². The summed E-state index contributed by atoms with van der Waals surface area (Å²) in [5.41, 5.74) is 1.94. The Balaban J connectivity index is 2.58. The first-order valence-electron chi connectivity index (χ1n) is 4.56. The van der Waals surface area contributed by atoms with E-state index in [4.69, 9.17) is 5.84 Å². The highest BCUT2D eigenvalue weighted by Crippen LogP contribution is 2.01. The first kappa shape index (κ1) is 10.3. The zero-order chi connectivity index (χ0) is 11.7. The van der Waals surface area contributed by atoms with Crippen LogP contribution in [-0.2, 0) is 4.79 Å². The van der Waals surface area contributed by atoms with E-state index >= 15 is 0 Å². The second-order valence-electron chi connectivity index (χ2n) is 3.22. The maximum atomic E-state index is 11.8. The molecule has 3 N–H and O–H groups in total. The Kier molecular flexibility index (Phi) is 2.41. The van der Waals surface area contributed by atoms with Crippen LogP contribution in [0.15, 0.2) is 23.4 Å². The number of aromatic nitrogens is 4. The van der Waals surface area contributed by atoms with Crippen molar-refractivity contribution in [3.8, 4) is 0 Å². The average molecular weight is 222 g/mol. The molecule has 0 bridgehead atoms. The third-order valence-corrected chi connectivity index (χ3v) is 2.24. The number of nitrogens with two attached hydrogens (primary N) is 1. The van der Waals surface area contributed by atoms with Gasteiger partial charge in [-0.2, -0.15) is 0 Å². The molecule has 0 spiro atoms. The first-order chi connectivity index (χ1) is 7.65. The summed E-state index contributed by atoms with van der Waals surface area (Å²) in [5.74, 6) is 4.51. The Bertz CT molecular complexity index is 585. The van der Waals surface area contributed by atoms with Crippen LogP contribution in [0.4, 0.5) is 0 Å². The summed E-state index contributed by atoms with van der Waals surface area (Å²) in [4.78, 5) is 26.9. The number of hydrogen-bond acceptors (Lipinski definition) is 5. The van der Waals surface area contributed by atoms with E-state index in [0.29, 0.717) is 5.65 Å². The molecule has 84 valence electrons. The Labute approximate surface area is 89.7 Å². The molecule has 0 saturated heterocycles. The predicted octanol–water partition coefficient (Wildman–Crippen LogP) is -1.56. The van der Waals surface area contributed by atoms with E-state index < -0.39 is 17.6 Å². The minimum absolute atomic E-state index is 0.379. The van der Waals surface area contributed by atoms with Crippen molar-refractivity contribution in [2.75, 3.05) is 0 Å². The van der Waals surface area contributed by atoms with Crippen LogP contribution in [0.2, 0.25) is 0 Å². The second kappa shape index (κ2) is 3.74. The van der Waals surface area contributed by atoms with Gasteiger partial charge in [0.25, 0.3) is 5.91 Å². The number of fused-ring (bicyclic) bond motifs is 1.